The Balaban J connectivity index is 1.67. The third-order valence-corrected chi connectivity index (χ3v) is 6.26. The average Bonchev–Trinajstić information content (AvgIpc) is 3.46. The van der Waals surface area contributed by atoms with E-state index in [-0.39, 0.29) is 11.9 Å². The van der Waals surface area contributed by atoms with Gasteiger partial charge in [-0.05, 0) is 64.4 Å². The number of aryl methyl sites for hydroxylation is 1. The van der Waals surface area contributed by atoms with E-state index in [1.54, 1.807) is 27.8 Å². The molecule has 1 fully saturated rings. The van der Waals surface area contributed by atoms with Crippen molar-refractivity contribution in [2.75, 3.05) is 13.1 Å². The molecule has 35 heavy (non-hydrogen) atoms. The van der Waals surface area contributed by atoms with Crippen molar-refractivity contribution in [2.24, 2.45) is 0 Å². The predicted octanol–water partition coefficient (Wildman–Crippen LogP) is 4.71. The van der Waals surface area contributed by atoms with Crippen LogP contribution in [0.2, 0.25) is 0 Å². The molecular formula is C27H29N5O3. The van der Waals surface area contributed by atoms with Crippen molar-refractivity contribution in [3.8, 4) is 23.0 Å². The standard InChI is InChI=1S/C27H29N5O3/c1-18-5-11-21(12-6-18)32-24(20-9-7-19(16-28)8-10-20)15-23(29-32)25(33)30-14-13-22(17-30)31(26(34)35)27(2,3)4/h5-12,15,22H,13-14,17H2,1-4H3,(H,34,35). The summed E-state index contributed by atoms with van der Waals surface area (Å²) in [5.41, 5.74) is 3.78. The quantitative estimate of drug-likeness (QED) is 0.594. The highest BCUT2D eigenvalue weighted by molar-refractivity contribution is 5.94. The number of nitriles is 1. The molecular weight excluding hydrogens is 442 g/mol. The topological polar surface area (TPSA) is 102 Å². The van der Waals surface area contributed by atoms with Crippen molar-refractivity contribution >= 4 is 12.0 Å². The first kappa shape index (κ1) is 24.0. The van der Waals surface area contributed by atoms with Gasteiger partial charge in [-0.1, -0.05) is 29.8 Å². The molecule has 0 saturated carbocycles. The molecule has 1 N–H and O–H groups in total. The zero-order chi connectivity index (χ0) is 25.3. The van der Waals surface area contributed by atoms with Crippen molar-refractivity contribution in [3.05, 3.63) is 71.4 Å². The van der Waals surface area contributed by atoms with Gasteiger partial charge in [-0.15, -0.1) is 0 Å². The SMILES string of the molecule is Cc1ccc(-n2nc(C(=O)N3CCC(N(C(=O)O)C(C)(C)C)C3)cc2-c2ccc(C#N)cc2)cc1. The van der Waals surface area contributed by atoms with Gasteiger partial charge in [0, 0.05) is 24.2 Å². The first-order valence-corrected chi connectivity index (χ1v) is 11.6. The zero-order valence-electron chi connectivity index (χ0n) is 20.4. The lowest BCUT2D eigenvalue weighted by Crippen LogP contribution is -2.52. The van der Waals surface area contributed by atoms with Crippen molar-refractivity contribution < 1.29 is 14.7 Å². The molecule has 1 unspecified atom stereocenters. The Bertz CT molecular complexity index is 1280. The van der Waals surface area contributed by atoms with E-state index >= 15 is 0 Å². The number of aromatic nitrogens is 2. The number of carboxylic acid groups (broad SMARTS) is 1. The maximum atomic E-state index is 13.5. The van der Waals surface area contributed by atoms with E-state index in [0.29, 0.717) is 30.8 Å². The summed E-state index contributed by atoms with van der Waals surface area (Å²) < 4.78 is 1.74. The Labute approximate surface area is 205 Å². The summed E-state index contributed by atoms with van der Waals surface area (Å²) in [6, 6.07) is 18.6. The number of hydrogen-bond donors (Lipinski definition) is 1. The molecule has 3 aromatic rings. The fraction of sp³-hybridized carbons (Fsp3) is 0.333. The molecule has 1 aliphatic rings. The van der Waals surface area contributed by atoms with Crippen LogP contribution in [0.4, 0.5) is 4.79 Å². The van der Waals surface area contributed by atoms with Crippen LogP contribution in [0.3, 0.4) is 0 Å². The van der Waals surface area contributed by atoms with Crippen LogP contribution < -0.4 is 0 Å². The van der Waals surface area contributed by atoms with Crippen LogP contribution in [0.15, 0.2) is 54.6 Å². The molecule has 180 valence electrons. The maximum absolute atomic E-state index is 13.5. The summed E-state index contributed by atoms with van der Waals surface area (Å²) in [6.07, 6.45) is -0.403. The number of carbonyl (C=O) groups is 2. The lowest BCUT2D eigenvalue weighted by atomic mass is 10.0. The van der Waals surface area contributed by atoms with Crippen LogP contribution >= 0.6 is 0 Å². The summed E-state index contributed by atoms with van der Waals surface area (Å²) in [6.45, 7) is 8.38. The van der Waals surface area contributed by atoms with Crippen LogP contribution in [-0.2, 0) is 0 Å². The monoisotopic (exact) mass is 471 g/mol. The molecule has 8 nitrogen and oxygen atoms in total. The van der Waals surface area contributed by atoms with Gasteiger partial charge >= 0.3 is 6.09 Å². The van der Waals surface area contributed by atoms with Gasteiger partial charge < -0.3 is 10.0 Å². The van der Waals surface area contributed by atoms with Crippen molar-refractivity contribution in [1.29, 1.82) is 5.26 Å². The lowest BCUT2D eigenvalue weighted by Gasteiger charge is -2.37. The van der Waals surface area contributed by atoms with Crippen LogP contribution in [0, 0.1) is 18.3 Å². The molecule has 1 aromatic heterocycles. The van der Waals surface area contributed by atoms with Gasteiger partial charge in [-0.25, -0.2) is 9.48 Å². The second-order valence-corrected chi connectivity index (χ2v) is 9.87. The molecule has 1 atom stereocenters. The largest absolute Gasteiger partial charge is 0.465 e. The van der Waals surface area contributed by atoms with Gasteiger partial charge in [0.05, 0.1) is 29.1 Å². The highest BCUT2D eigenvalue weighted by Gasteiger charge is 2.39. The first-order valence-electron chi connectivity index (χ1n) is 11.6. The number of amides is 2. The van der Waals surface area contributed by atoms with E-state index in [1.807, 2.05) is 64.1 Å². The third kappa shape index (κ3) is 4.90. The van der Waals surface area contributed by atoms with E-state index in [0.717, 1.165) is 22.5 Å². The Kier molecular flexibility index (Phi) is 6.35. The first-order chi connectivity index (χ1) is 16.6. The summed E-state index contributed by atoms with van der Waals surface area (Å²) >= 11 is 0. The Morgan fingerprint density at radius 3 is 2.34 bits per heavy atom. The van der Waals surface area contributed by atoms with Crippen LogP contribution in [0.1, 0.15) is 48.8 Å². The van der Waals surface area contributed by atoms with Crippen LogP contribution in [0.5, 0.6) is 0 Å². The molecule has 4 rings (SSSR count). The molecule has 1 saturated heterocycles. The van der Waals surface area contributed by atoms with Gasteiger partial charge in [-0.3, -0.25) is 9.69 Å². The summed E-state index contributed by atoms with van der Waals surface area (Å²) in [5, 5.41) is 23.5. The number of hydrogen-bond acceptors (Lipinski definition) is 4. The number of rotatable bonds is 4. The fourth-order valence-corrected chi connectivity index (χ4v) is 4.58. The average molecular weight is 472 g/mol. The lowest BCUT2D eigenvalue weighted by molar-refractivity contribution is 0.0646. The highest BCUT2D eigenvalue weighted by Crippen LogP contribution is 2.28. The molecule has 0 spiro atoms. The van der Waals surface area contributed by atoms with E-state index in [9.17, 15) is 14.7 Å². The number of nitrogens with zero attached hydrogens (tertiary/aromatic N) is 5. The molecule has 2 amide bonds. The minimum absolute atomic E-state index is 0.229. The van der Waals surface area contributed by atoms with Crippen molar-refractivity contribution in [1.82, 2.24) is 19.6 Å². The normalized spacial score (nSPS) is 15.6. The minimum Gasteiger partial charge on any atom is -0.465 e. The molecule has 8 heteroatoms. The number of likely N-dealkylation sites (tertiary alicyclic amines) is 1. The van der Waals surface area contributed by atoms with E-state index in [2.05, 4.69) is 11.2 Å². The van der Waals surface area contributed by atoms with Crippen molar-refractivity contribution in [3.63, 3.8) is 0 Å². The Morgan fingerprint density at radius 2 is 1.77 bits per heavy atom. The zero-order valence-corrected chi connectivity index (χ0v) is 20.4. The minimum atomic E-state index is -0.983. The molecule has 2 heterocycles. The van der Waals surface area contributed by atoms with Crippen molar-refractivity contribution in [2.45, 2.75) is 45.7 Å². The Hall–Kier alpha value is -4.12. The predicted molar refractivity (Wildman–Crippen MR) is 132 cm³/mol. The second kappa shape index (κ2) is 9.26. The van der Waals surface area contributed by atoms with E-state index < -0.39 is 11.6 Å². The molecule has 0 radical (unpaired) electrons. The Morgan fingerprint density at radius 1 is 1.11 bits per heavy atom. The summed E-state index contributed by atoms with van der Waals surface area (Å²) in [4.78, 5) is 28.5. The van der Waals surface area contributed by atoms with Gasteiger partial charge in [-0.2, -0.15) is 10.4 Å². The smallest absolute Gasteiger partial charge is 0.408 e. The molecule has 2 aromatic carbocycles. The maximum Gasteiger partial charge on any atom is 0.408 e. The molecule has 1 aliphatic heterocycles. The van der Waals surface area contributed by atoms with Crippen LogP contribution in [0.25, 0.3) is 16.9 Å². The van der Waals surface area contributed by atoms with Gasteiger partial charge in [0.15, 0.2) is 5.69 Å². The second-order valence-electron chi connectivity index (χ2n) is 9.87. The highest BCUT2D eigenvalue weighted by atomic mass is 16.4. The number of benzene rings is 2. The van der Waals surface area contributed by atoms with Crippen LogP contribution in [-0.4, -0.2) is 61.4 Å². The fourth-order valence-electron chi connectivity index (χ4n) is 4.58. The van der Waals surface area contributed by atoms with Gasteiger partial charge in [0.25, 0.3) is 5.91 Å². The van der Waals surface area contributed by atoms with Gasteiger partial charge in [0.2, 0.25) is 0 Å². The summed E-state index contributed by atoms with van der Waals surface area (Å²) in [5.74, 6) is -0.229. The van der Waals surface area contributed by atoms with E-state index in [1.165, 1.54) is 4.90 Å². The summed E-state index contributed by atoms with van der Waals surface area (Å²) in [7, 11) is 0. The van der Waals surface area contributed by atoms with Gasteiger partial charge in [0.1, 0.15) is 0 Å². The van der Waals surface area contributed by atoms with E-state index in [4.69, 9.17) is 5.26 Å². The third-order valence-electron chi connectivity index (χ3n) is 6.26. The molecule has 0 aliphatic carbocycles. The molecule has 0 bridgehead atoms. The number of carbonyl (C=O) groups excluding carboxylic acids is 1.